The van der Waals surface area contributed by atoms with E-state index in [1.807, 2.05) is 12.5 Å². The topological polar surface area (TPSA) is 40.8 Å². The molecule has 4 nitrogen and oxygen atoms in total. The van der Waals surface area contributed by atoms with Gasteiger partial charge in [-0.05, 0) is 68.2 Å². The number of nitrogens with zero attached hydrogens (tertiary/aromatic N) is 3. The second kappa shape index (κ2) is 6.68. The van der Waals surface area contributed by atoms with Crippen LogP contribution in [0.5, 0.6) is 0 Å². The molecule has 0 amide bonds. The zero-order chi connectivity index (χ0) is 18.4. The smallest absolute Gasteiger partial charge is 0.0995 e. The number of anilines is 1. The van der Waals surface area contributed by atoms with Gasteiger partial charge in [-0.15, -0.1) is 0 Å². The molecule has 1 aliphatic heterocycles. The summed E-state index contributed by atoms with van der Waals surface area (Å²) in [6, 6.07) is 13.1. The van der Waals surface area contributed by atoms with Crippen LogP contribution in [0.4, 0.5) is 5.69 Å². The van der Waals surface area contributed by atoms with E-state index in [4.69, 9.17) is 0 Å². The van der Waals surface area contributed by atoms with Crippen LogP contribution in [0.3, 0.4) is 0 Å². The fraction of sp³-hybridized carbons (Fsp3) is 0.435. The molecule has 2 aliphatic rings. The maximum Gasteiger partial charge on any atom is 0.0995 e. The lowest BCUT2D eigenvalue weighted by atomic mass is 9.87. The monoisotopic (exact) mass is 361 g/mol. The van der Waals surface area contributed by atoms with E-state index in [2.05, 4.69) is 57.6 Å². The highest BCUT2D eigenvalue weighted by atomic mass is 16.3. The third-order valence-electron chi connectivity index (χ3n) is 6.34. The van der Waals surface area contributed by atoms with Crippen molar-refractivity contribution in [2.24, 2.45) is 5.92 Å². The lowest BCUT2D eigenvalue weighted by molar-refractivity contribution is 0.0871. The average Bonchev–Trinajstić information content (AvgIpc) is 3.44. The number of aliphatic hydroxyl groups is 1. The summed E-state index contributed by atoms with van der Waals surface area (Å²) >= 11 is 0. The first-order valence-electron chi connectivity index (χ1n) is 10.2. The van der Waals surface area contributed by atoms with Crippen molar-refractivity contribution in [3.63, 3.8) is 0 Å². The molecule has 2 fully saturated rings. The molecule has 2 aromatic heterocycles. The Hall–Kier alpha value is -2.33. The summed E-state index contributed by atoms with van der Waals surface area (Å²) in [6.07, 6.45) is 7.85. The van der Waals surface area contributed by atoms with Crippen LogP contribution in [0.15, 0.2) is 48.9 Å². The number of piperidine rings is 1. The Morgan fingerprint density at radius 3 is 2.44 bits per heavy atom. The number of fused-ring (bicyclic) bond motifs is 1. The first kappa shape index (κ1) is 16.8. The van der Waals surface area contributed by atoms with E-state index in [-0.39, 0.29) is 0 Å². The number of aryl methyl sites for hydroxylation is 1. The van der Waals surface area contributed by atoms with Crippen LogP contribution in [0.25, 0.3) is 5.52 Å². The van der Waals surface area contributed by atoms with Gasteiger partial charge in [0.2, 0.25) is 0 Å². The van der Waals surface area contributed by atoms with E-state index >= 15 is 0 Å². The molecule has 3 aromatic rings. The number of benzene rings is 1. The van der Waals surface area contributed by atoms with E-state index in [1.54, 1.807) is 0 Å². The van der Waals surface area contributed by atoms with Gasteiger partial charge in [0.15, 0.2) is 0 Å². The molecule has 1 aromatic carbocycles. The number of aliphatic hydroxyl groups excluding tert-OH is 1. The fourth-order valence-electron chi connectivity index (χ4n) is 4.53. The molecule has 1 N–H and O–H groups in total. The van der Waals surface area contributed by atoms with Crippen molar-refractivity contribution in [1.82, 2.24) is 9.38 Å². The molecule has 3 heterocycles. The van der Waals surface area contributed by atoms with Gasteiger partial charge >= 0.3 is 0 Å². The minimum absolute atomic E-state index is 0.303. The van der Waals surface area contributed by atoms with Crippen molar-refractivity contribution in [3.8, 4) is 0 Å². The minimum Gasteiger partial charge on any atom is -0.387 e. The van der Waals surface area contributed by atoms with Gasteiger partial charge in [-0.25, -0.2) is 4.98 Å². The molecule has 1 aliphatic carbocycles. The van der Waals surface area contributed by atoms with E-state index in [1.165, 1.54) is 29.7 Å². The van der Waals surface area contributed by atoms with Crippen LogP contribution < -0.4 is 4.90 Å². The molecule has 0 bridgehead atoms. The SMILES string of the molecule is Cc1ccc(N2CCC([C@@H](O)c3c(C4CC4)ccc4cncn34)CC2)cc1. The highest BCUT2D eigenvalue weighted by Gasteiger charge is 2.34. The Labute approximate surface area is 160 Å². The first-order valence-corrected chi connectivity index (χ1v) is 10.2. The standard InChI is InChI=1S/C23H27N3O/c1-16-2-6-19(7-3-16)25-12-10-18(11-13-25)23(27)22-21(17-4-5-17)9-8-20-14-24-15-26(20)22/h2-3,6-9,14-15,17-18,23,27H,4-5,10-13H2,1H3/t23-/m1/s1. The Bertz CT molecular complexity index is 934. The van der Waals surface area contributed by atoms with Crippen LogP contribution in [0.2, 0.25) is 0 Å². The van der Waals surface area contributed by atoms with Crippen LogP contribution in [0.1, 0.15) is 54.5 Å². The minimum atomic E-state index is -0.418. The molecule has 0 radical (unpaired) electrons. The van der Waals surface area contributed by atoms with Gasteiger partial charge in [0.05, 0.1) is 29.8 Å². The summed E-state index contributed by atoms with van der Waals surface area (Å²) in [6.45, 7) is 4.13. The zero-order valence-electron chi connectivity index (χ0n) is 15.9. The number of hydrogen-bond acceptors (Lipinski definition) is 3. The molecule has 5 rings (SSSR count). The Kier molecular flexibility index (Phi) is 4.16. The van der Waals surface area contributed by atoms with Gasteiger partial charge in [-0.1, -0.05) is 23.8 Å². The van der Waals surface area contributed by atoms with Crippen molar-refractivity contribution < 1.29 is 5.11 Å². The van der Waals surface area contributed by atoms with Crippen LogP contribution in [-0.2, 0) is 0 Å². The summed E-state index contributed by atoms with van der Waals surface area (Å²) in [5.41, 5.74) is 6.08. The number of rotatable bonds is 4. The highest BCUT2D eigenvalue weighted by Crippen LogP contribution is 2.45. The maximum atomic E-state index is 11.3. The predicted octanol–water partition coefficient (Wildman–Crippen LogP) is 4.47. The van der Waals surface area contributed by atoms with Crippen LogP contribution >= 0.6 is 0 Å². The molecule has 1 saturated heterocycles. The molecular weight excluding hydrogens is 334 g/mol. The van der Waals surface area contributed by atoms with Crippen LogP contribution in [0, 0.1) is 12.8 Å². The Balaban J connectivity index is 1.37. The van der Waals surface area contributed by atoms with Crippen molar-refractivity contribution >= 4 is 11.2 Å². The summed E-state index contributed by atoms with van der Waals surface area (Å²) in [5.74, 6) is 0.922. The molecular formula is C23H27N3O. The quantitative estimate of drug-likeness (QED) is 0.745. The largest absolute Gasteiger partial charge is 0.387 e. The van der Waals surface area contributed by atoms with Gasteiger partial charge in [-0.3, -0.25) is 0 Å². The lowest BCUT2D eigenvalue weighted by Gasteiger charge is -2.36. The summed E-state index contributed by atoms with van der Waals surface area (Å²) in [7, 11) is 0. The molecule has 0 spiro atoms. The number of hydrogen-bond donors (Lipinski definition) is 1. The molecule has 0 unspecified atom stereocenters. The third-order valence-corrected chi connectivity index (χ3v) is 6.34. The number of aromatic nitrogens is 2. The fourth-order valence-corrected chi connectivity index (χ4v) is 4.53. The number of imidazole rings is 1. The molecule has 140 valence electrons. The highest BCUT2D eigenvalue weighted by molar-refractivity contribution is 5.50. The van der Waals surface area contributed by atoms with Gasteiger partial charge in [0.1, 0.15) is 0 Å². The Morgan fingerprint density at radius 1 is 1.00 bits per heavy atom. The maximum absolute atomic E-state index is 11.3. The van der Waals surface area contributed by atoms with E-state index < -0.39 is 6.10 Å². The number of pyridine rings is 1. The van der Waals surface area contributed by atoms with Crippen molar-refractivity contribution in [2.75, 3.05) is 18.0 Å². The third kappa shape index (κ3) is 3.12. The summed E-state index contributed by atoms with van der Waals surface area (Å²) < 4.78 is 2.12. The second-order valence-corrected chi connectivity index (χ2v) is 8.24. The predicted molar refractivity (Wildman–Crippen MR) is 108 cm³/mol. The normalized spacial score (nSPS) is 19.6. The molecule has 27 heavy (non-hydrogen) atoms. The van der Waals surface area contributed by atoms with Crippen molar-refractivity contribution in [1.29, 1.82) is 0 Å². The Morgan fingerprint density at radius 2 is 1.74 bits per heavy atom. The van der Waals surface area contributed by atoms with Gasteiger partial charge in [0, 0.05) is 18.8 Å². The van der Waals surface area contributed by atoms with Crippen molar-refractivity contribution in [2.45, 2.75) is 44.6 Å². The molecule has 1 saturated carbocycles. The van der Waals surface area contributed by atoms with E-state index in [0.29, 0.717) is 11.8 Å². The second-order valence-electron chi connectivity index (χ2n) is 8.24. The van der Waals surface area contributed by atoms with E-state index in [0.717, 1.165) is 37.1 Å². The zero-order valence-corrected chi connectivity index (χ0v) is 15.9. The molecule has 4 heteroatoms. The lowest BCUT2D eigenvalue weighted by Crippen LogP contribution is -2.36. The summed E-state index contributed by atoms with van der Waals surface area (Å²) in [5, 5.41) is 11.3. The van der Waals surface area contributed by atoms with Gasteiger partial charge < -0.3 is 14.4 Å². The van der Waals surface area contributed by atoms with Crippen molar-refractivity contribution in [3.05, 3.63) is 65.7 Å². The van der Waals surface area contributed by atoms with Gasteiger partial charge in [-0.2, -0.15) is 0 Å². The summed E-state index contributed by atoms with van der Waals surface area (Å²) in [4.78, 5) is 6.76. The van der Waals surface area contributed by atoms with Crippen LogP contribution in [-0.4, -0.2) is 27.6 Å². The van der Waals surface area contributed by atoms with Gasteiger partial charge in [0.25, 0.3) is 0 Å². The van der Waals surface area contributed by atoms with E-state index in [9.17, 15) is 5.11 Å². The average molecular weight is 361 g/mol. The molecule has 1 atom stereocenters. The first-order chi connectivity index (χ1) is 13.2.